The van der Waals surface area contributed by atoms with Crippen molar-refractivity contribution < 1.29 is 0 Å². The minimum atomic E-state index is 0.710. The Balaban J connectivity index is 2.18. The highest BCUT2D eigenvalue weighted by Crippen LogP contribution is 2.19. The van der Waals surface area contributed by atoms with E-state index in [1.807, 2.05) is 0 Å². The molecule has 0 saturated carbocycles. The van der Waals surface area contributed by atoms with Crippen LogP contribution in [0.5, 0.6) is 0 Å². The van der Waals surface area contributed by atoms with E-state index < -0.39 is 0 Å². The molecule has 1 heterocycles. The normalized spacial score (nSPS) is 14.6. The summed E-state index contributed by atoms with van der Waals surface area (Å²) in [7, 11) is 2.07. The molecule has 2 nitrogen and oxygen atoms in total. The maximum Gasteiger partial charge on any atom is 0.0599 e. The van der Waals surface area contributed by atoms with Crippen molar-refractivity contribution in [2.24, 2.45) is 0 Å². The molecule has 1 aliphatic rings. The third-order valence-corrected chi connectivity index (χ3v) is 3.04. The summed E-state index contributed by atoms with van der Waals surface area (Å²) in [6, 6.07) is 6.58. The second-order valence-corrected chi connectivity index (χ2v) is 4.36. The SMILES string of the molecule is C#CCN(C)Cc1cccc2c1CCNC2. The molecule has 0 spiro atoms. The van der Waals surface area contributed by atoms with Gasteiger partial charge in [0.25, 0.3) is 0 Å². The van der Waals surface area contributed by atoms with Gasteiger partial charge in [-0.25, -0.2) is 0 Å². The van der Waals surface area contributed by atoms with Crippen molar-refractivity contribution in [2.75, 3.05) is 20.1 Å². The van der Waals surface area contributed by atoms with Crippen LogP contribution in [0.25, 0.3) is 0 Å². The molecule has 84 valence electrons. The van der Waals surface area contributed by atoms with E-state index in [0.717, 1.165) is 26.1 Å². The summed E-state index contributed by atoms with van der Waals surface area (Å²) in [5.74, 6) is 2.68. The first kappa shape index (κ1) is 11.2. The summed E-state index contributed by atoms with van der Waals surface area (Å²) in [4.78, 5) is 2.18. The van der Waals surface area contributed by atoms with Crippen LogP contribution in [0.3, 0.4) is 0 Å². The maximum absolute atomic E-state index is 5.32. The first-order valence-electron chi connectivity index (χ1n) is 5.73. The Morgan fingerprint density at radius 3 is 3.19 bits per heavy atom. The van der Waals surface area contributed by atoms with E-state index in [1.165, 1.54) is 16.7 Å². The topological polar surface area (TPSA) is 15.3 Å². The first-order valence-corrected chi connectivity index (χ1v) is 5.73. The molecule has 1 aliphatic heterocycles. The third kappa shape index (κ3) is 2.44. The predicted molar refractivity (Wildman–Crippen MR) is 67.0 cm³/mol. The number of hydrogen-bond acceptors (Lipinski definition) is 2. The molecule has 2 rings (SSSR count). The molecule has 1 aromatic carbocycles. The molecular formula is C14H18N2. The van der Waals surface area contributed by atoms with Gasteiger partial charge in [0.05, 0.1) is 6.54 Å². The standard InChI is InChI=1S/C14H18N2/c1-3-9-16(2)11-13-6-4-5-12-10-15-8-7-14(12)13/h1,4-6,15H,7-11H2,2H3. The van der Waals surface area contributed by atoms with Gasteiger partial charge in [0.15, 0.2) is 0 Å². The predicted octanol–water partition coefficient (Wildman–Crippen LogP) is 1.40. The molecule has 0 radical (unpaired) electrons. The minimum Gasteiger partial charge on any atom is -0.312 e. The van der Waals surface area contributed by atoms with Gasteiger partial charge < -0.3 is 5.32 Å². The van der Waals surface area contributed by atoms with Crippen molar-refractivity contribution in [3.8, 4) is 12.3 Å². The average molecular weight is 214 g/mol. The number of terminal acetylenes is 1. The van der Waals surface area contributed by atoms with Gasteiger partial charge in [-0.3, -0.25) is 4.90 Å². The first-order chi connectivity index (χ1) is 7.81. The van der Waals surface area contributed by atoms with Crippen molar-refractivity contribution in [2.45, 2.75) is 19.5 Å². The van der Waals surface area contributed by atoms with Gasteiger partial charge in [-0.05, 0) is 36.7 Å². The Labute approximate surface area is 97.7 Å². The summed E-state index contributed by atoms with van der Waals surface area (Å²) < 4.78 is 0. The fourth-order valence-corrected chi connectivity index (χ4v) is 2.26. The van der Waals surface area contributed by atoms with Gasteiger partial charge in [0, 0.05) is 13.1 Å². The molecule has 16 heavy (non-hydrogen) atoms. The lowest BCUT2D eigenvalue weighted by molar-refractivity contribution is 0.367. The molecule has 0 aromatic heterocycles. The Hall–Kier alpha value is -1.30. The zero-order valence-corrected chi connectivity index (χ0v) is 9.79. The molecular weight excluding hydrogens is 196 g/mol. The molecule has 1 aromatic rings. The molecule has 0 aliphatic carbocycles. The lowest BCUT2D eigenvalue weighted by atomic mass is 9.95. The van der Waals surface area contributed by atoms with Crippen LogP contribution in [0.1, 0.15) is 16.7 Å². The molecule has 0 unspecified atom stereocenters. The van der Waals surface area contributed by atoms with Crippen molar-refractivity contribution in [1.29, 1.82) is 0 Å². The van der Waals surface area contributed by atoms with Crippen molar-refractivity contribution in [3.63, 3.8) is 0 Å². The molecule has 0 fully saturated rings. The van der Waals surface area contributed by atoms with Gasteiger partial charge in [-0.1, -0.05) is 24.1 Å². The van der Waals surface area contributed by atoms with Gasteiger partial charge in [0.2, 0.25) is 0 Å². The zero-order valence-electron chi connectivity index (χ0n) is 9.79. The van der Waals surface area contributed by atoms with Gasteiger partial charge in [0.1, 0.15) is 0 Å². The Kier molecular flexibility index (Phi) is 3.61. The number of benzene rings is 1. The highest BCUT2D eigenvalue weighted by Gasteiger charge is 2.12. The quantitative estimate of drug-likeness (QED) is 0.765. The van der Waals surface area contributed by atoms with Gasteiger partial charge in [-0.2, -0.15) is 0 Å². The van der Waals surface area contributed by atoms with Gasteiger partial charge in [-0.15, -0.1) is 6.42 Å². The monoisotopic (exact) mass is 214 g/mol. The van der Waals surface area contributed by atoms with Crippen LogP contribution in [0.4, 0.5) is 0 Å². The molecule has 0 amide bonds. The Morgan fingerprint density at radius 2 is 2.38 bits per heavy atom. The van der Waals surface area contributed by atoms with Crippen molar-refractivity contribution >= 4 is 0 Å². The summed E-state index contributed by atoms with van der Waals surface area (Å²) in [6.07, 6.45) is 6.45. The summed E-state index contributed by atoms with van der Waals surface area (Å²) in [5, 5.41) is 3.40. The number of fused-ring (bicyclic) bond motifs is 1. The number of nitrogens with zero attached hydrogens (tertiary/aromatic N) is 1. The Bertz CT molecular complexity index is 404. The zero-order chi connectivity index (χ0) is 11.4. The molecule has 2 heteroatoms. The van der Waals surface area contributed by atoms with E-state index in [0.29, 0.717) is 6.54 Å². The fourth-order valence-electron chi connectivity index (χ4n) is 2.26. The van der Waals surface area contributed by atoms with Crippen LogP contribution in [0, 0.1) is 12.3 Å². The summed E-state index contributed by atoms with van der Waals surface area (Å²) in [6.45, 7) is 3.75. The molecule has 1 N–H and O–H groups in total. The van der Waals surface area contributed by atoms with E-state index >= 15 is 0 Å². The lowest BCUT2D eigenvalue weighted by Crippen LogP contribution is -2.26. The second kappa shape index (κ2) is 5.16. The molecule has 0 atom stereocenters. The van der Waals surface area contributed by atoms with Crippen LogP contribution in [-0.2, 0) is 19.5 Å². The smallest absolute Gasteiger partial charge is 0.0599 e. The Morgan fingerprint density at radius 1 is 1.50 bits per heavy atom. The highest BCUT2D eigenvalue weighted by molar-refractivity contribution is 5.37. The van der Waals surface area contributed by atoms with E-state index in [4.69, 9.17) is 6.42 Å². The molecule has 0 saturated heterocycles. The summed E-state index contributed by atoms with van der Waals surface area (Å²) >= 11 is 0. The van der Waals surface area contributed by atoms with Crippen LogP contribution in [0.2, 0.25) is 0 Å². The van der Waals surface area contributed by atoms with Crippen LogP contribution < -0.4 is 5.32 Å². The number of hydrogen-bond donors (Lipinski definition) is 1. The maximum atomic E-state index is 5.32. The van der Waals surface area contributed by atoms with Crippen molar-refractivity contribution in [1.82, 2.24) is 10.2 Å². The third-order valence-electron chi connectivity index (χ3n) is 3.04. The van der Waals surface area contributed by atoms with E-state index in [2.05, 4.69) is 41.4 Å². The molecule has 0 bridgehead atoms. The van der Waals surface area contributed by atoms with E-state index in [1.54, 1.807) is 0 Å². The van der Waals surface area contributed by atoms with Crippen LogP contribution >= 0.6 is 0 Å². The number of nitrogens with one attached hydrogen (secondary N) is 1. The van der Waals surface area contributed by atoms with Crippen LogP contribution in [0.15, 0.2) is 18.2 Å². The van der Waals surface area contributed by atoms with E-state index in [9.17, 15) is 0 Å². The largest absolute Gasteiger partial charge is 0.312 e. The number of rotatable bonds is 3. The van der Waals surface area contributed by atoms with Crippen molar-refractivity contribution in [3.05, 3.63) is 34.9 Å². The lowest BCUT2D eigenvalue weighted by Gasteiger charge is -2.22. The highest BCUT2D eigenvalue weighted by atomic mass is 15.1. The van der Waals surface area contributed by atoms with E-state index in [-0.39, 0.29) is 0 Å². The fraction of sp³-hybridized carbons (Fsp3) is 0.429. The average Bonchev–Trinajstić information content (AvgIpc) is 2.30. The second-order valence-electron chi connectivity index (χ2n) is 4.36. The van der Waals surface area contributed by atoms with Crippen LogP contribution in [-0.4, -0.2) is 25.0 Å². The minimum absolute atomic E-state index is 0.710. The summed E-state index contributed by atoms with van der Waals surface area (Å²) in [5.41, 5.74) is 4.39. The van der Waals surface area contributed by atoms with Gasteiger partial charge >= 0.3 is 0 Å².